The van der Waals surface area contributed by atoms with Gasteiger partial charge in [-0.25, -0.2) is 0 Å². The van der Waals surface area contributed by atoms with Crippen LogP contribution in [0.2, 0.25) is 0 Å². The third-order valence-corrected chi connectivity index (χ3v) is 2.53. The highest BCUT2D eigenvalue weighted by atomic mass is 32.2. The molecular formula is C7H7N3O2S. The van der Waals surface area contributed by atoms with Crippen molar-refractivity contribution in [3.63, 3.8) is 0 Å². The van der Waals surface area contributed by atoms with Crippen molar-refractivity contribution in [1.82, 2.24) is 10.2 Å². The molecule has 6 heteroatoms. The molecule has 0 atom stereocenters. The molecule has 1 amide bonds. The second-order valence-electron chi connectivity index (χ2n) is 2.46. The zero-order valence-corrected chi connectivity index (χ0v) is 7.50. The maximum atomic E-state index is 10.8. The fourth-order valence-corrected chi connectivity index (χ4v) is 1.78. The van der Waals surface area contributed by atoms with Crippen molar-refractivity contribution in [3.8, 4) is 5.88 Å². The lowest BCUT2D eigenvalue weighted by Gasteiger charge is -2.14. The highest BCUT2D eigenvalue weighted by Crippen LogP contribution is 2.30. The van der Waals surface area contributed by atoms with E-state index < -0.39 is 5.91 Å². The summed E-state index contributed by atoms with van der Waals surface area (Å²) in [6.07, 6.45) is 0. The molecule has 0 aliphatic carbocycles. The van der Waals surface area contributed by atoms with Crippen molar-refractivity contribution in [1.29, 1.82) is 0 Å². The van der Waals surface area contributed by atoms with Crippen molar-refractivity contribution in [2.24, 2.45) is 5.73 Å². The van der Waals surface area contributed by atoms with E-state index in [2.05, 4.69) is 10.2 Å². The Hall–Kier alpha value is -1.30. The van der Waals surface area contributed by atoms with Crippen LogP contribution in [0.25, 0.3) is 0 Å². The average molecular weight is 197 g/mol. The molecule has 0 spiro atoms. The number of rotatable bonds is 1. The first-order valence-electron chi connectivity index (χ1n) is 3.70. The summed E-state index contributed by atoms with van der Waals surface area (Å²) in [5.41, 5.74) is 5.23. The Balaban J connectivity index is 2.40. The molecule has 1 aromatic rings. The van der Waals surface area contributed by atoms with Crippen LogP contribution in [-0.4, -0.2) is 28.5 Å². The fraction of sp³-hybridized carbons (Fsp3) is 0.286. The van der Waals surface area contributed by atoms with Gasteiger partial charge in [0.25, 0.3) is 5.91 Å². The van der Waals surface area contributed by atoms with Crippen LogP contribution in [0.15, 0.2) is 11.0 Å². The summed E-state index contributed by atoms with van der Waals surface area (Å²) in [7, 11) is 0. The molecule has 2 rings (SSSR count). The molecule has 68 valence electrons. The Kier molecular flexibility index (Phi) is 2.05. The van der Waals surface area contributed by atoms with E-state index in [9.17, 15) is 4.79 Å². The molecule has 1 aromatic heterocycles. The fourth-order valence-electron chi connectivity index (χ4n) is 0.977. The minimum atomic E-state index is -0.568. The van der Waals surface area contributed by atoms with Crippen LogP contribution < -0.4 is 10.5 Å². The summed E-state index contributed by atoms with van der Waals surface area (Å²) < 4.78 is 5.21. The Morgan fingerprint density at radius 1 is 1.62 bits per heavy atom. The van der Waals surface area contributed by atoms with Gasteiger partial charge >= 0.3 is 0 Å². The molecule has 0 unspecified atom stereocenters. The van der Waals surface area contributed by atoms with Gasteiger partial charge in [0, 0.05) is 5.75 Å². The topological polar surface area (TPSA) is 78.1 Å². The molecule has 2 N–H and O–H groups in total. The van der Waals surface area contributed by atoms with Crippen molar-refractivity contribution in [2.75, 3.05) is 12.4 Å². The predicted molar refractivity (Wildman–Crippen MR) is 46.8 cm³/mol. The average Bonchev–Trinajstić information content (AvgIpc) is 2.17. The summed E-state index contributed by atoms with van der Waals surface area (Å²) in [5, 5.41) is 7.38. The summed E-state index contributed by atoms with van der Waals surface area (Å²) in [4.78, 5) is 11.6. The van der Waals surface area contributed by atoms with Crippen LogP contribution in [0.5, 0.6) is 5.88 Å². The first kappa shape index (κ1) is 8.31. The Bertz CT molecular complexity index is 356. The second-order valence-corrected chi connectivity index (χ2v) is 3.60. The number of hydrogen-bond donors (Lipinski definition) is 1. The third kappa shape index (κ3) is 1.57. The van der Waals surface area contributed by atoms with E-state index in [0.717, 1.165) is 10.6 Å². The third-order valence-electron chi connectivity index (χ3n) is 1.56. The van der Waals surface area contributed by atoms with Gasteiger partial charge in [-0.15, -0.1) is 22.0 Å². The van der Waals surface area contributed by atoms with Gasteiger partial charge in [0.05, 0.1) is 11.5 Å². The largest absolute Gasteiger partial charge is 0.475 e. The number of carbonyl (C=O) groups is 1. The molecule has 1 aliphatic rings. The Morgan fingerprint density at radius 2 is 2.46 bits per heavy atom. The molecule has 13 heavy (non-hydrogen) atoms. The van der Waals surface area contributed by atoms with Gasteiger partial charge < -0.3 is 10.5 Å². The van der Waals surface area contributed by atoms with E-state index in [1.165, 1.54) is 0 Å². The van der Waals surface area contributed by atoms with Crippen molar-refractivity contribution >= 4 is 17.7 Å². The molecule has 0 saturated heterocycles. The van der Waals surface area contributed by atoms with Gasteiger partial charge in [0.15, 0.2) is 5.69 Å². The maximum Gasteiger partial charge on any atom is 0.269 e. The van der Waals surface area contributed by atoms with E-state index in [1.807, 2.05) is 0 Å². The maximum absolute atomic E-state index is 10.8. The zero-order valence-electron chi connectivity index (χ0n) is 6.69. The van der Waals surface area contributed by atoms with Crippen molar-refractivity contribution in [3.05, 3.63) is 11.8 Å². The number of aromatic nitrogens is 2. The lowest BCUT2D eigenvalue weighted by Crippen LogP contribution is -2.16. The molecular weight excluding hydrogens is 190 g/mol. The molecule has 0 saturated carbocycles. The van der Waals surface area contributed by atoms with Crippen LogP contribution in [0, 0.1) is 0 Å². The molecule has 1 aliphatic heterocycles. The molecule has 0 radical (unpaired) electrons. The quantitative estimate of drug-likeness (QED) is 0.688. The number of thioether (sulfide) groups is 1. The number of nitrogens with zero attached hydrogens (tertiary/aromatic N) is 2. The number of amides is 1. The number of carbonyl (C=O) groups excluding carboxylic acids is 1. The minimum Gasteiger partial charge on any atom is -0.475 e. The molecule has 2 heterocycles. The van der Waals surface area contributed by atoms with Crippen LogP contribution in [0.1, 0.15) is 10.5 Å². The van der Waals surface area contributed by atoms with Gasteiger partial charge in [0.1, 0.15) is 0 Å². The molecule has 0 aromatic carbocycles. The van der Waals surface area contributed by atoms with E-state index in [4.69, 9.17) is 10.5 Å². The highest BCUT2D eigenvalue weighted by Gasteiger charge is 2.15. The SMILES string of the molecule is NC(=O)c1cc2c(nn1)OCCS2. The zero-order chi connectivity index (χ0) is 9.26. The van der Waals surface area contributed by atoms with Crippen molar-refractivity contribution < 1.29 is 9.53 Å². The van der Waals surface area contributed by atoms with Gasteiger partial charge in [-0.2, -0.15) is 0 Å². The highest BCUT2D eigenvalue weighted by molar-refractivity contribution is 7.99. The number of fused-ring (bicyclic) bond motifs is 1. The number of hydrogen-bond acceptors (Lipinski definition) is 5. The van der Waals surface area contributed by atoms with Crippen LogP contribution >= 0.6 is 11.8 Å². The van der Waals surface area contributed by atoms with Gasteiger partial charge in [-0.1, -0.05) is 0 Å². The van der Waals surface area contributed by atoms with Crippen LogP contribution in [0.3, 0.4) is 0 Å². The first-order valence-corrected chi connectivity index (χ1v) is 4.69. The predicted octanol–water partition coefficient (Wildman–Crippen LogP) is 0.0600. The lowest BCUT2D eigenvalue weighted by atomic mass is 10.4. The molecule has 0 bridgehead atoms. The number of ether oxygens (including phenoxy) is 1. The number of nitrogens with two attached hydrogens (primary N) is 1. The van der Waals surface area contributed by atoms with Gasteiger partial charge in [0.2, 0.25) is 5.88 Å². The summed E-state index contributed by atoms with van der Waals surface area (Å²) in [5.74, 6) is 0.777. The van der Waals surface area contributed by atoms with E-state index >= 15 is 0 Å². The van der Waals surface area contributed by atoms with Crippen LogP contribution in [-0.2, 0) is 0 Å². The normalized spacial score (nSPS) is 14.5. The summed E-state index contributed by atoms with van der Waals surface area (Å²) >= 11 is 1.58. The molecule has 0 fully saturated rings. The lowest BCUT2D eigenvalue weighted by molar-refractivity contribution is 0.0994. The van der Waals surface area contributed by atoms with E-state index in [-0.39, 0.29) is 5.69 Å². The smallest absolute Gasteiger partial charge is 0.269 e. The van der Waals surface area contributed by atoms with Gasteiger partial charge in [-0.3, -0.25) is 4.79 Å². The standard InChI is InChI=1S/C7H7N3O2S/c8-6(11)4-3-5-7(10-9-4)12-1-2-13-5/h3H,1-2H2,(H2,8,11). The Labute approximate surface area is 78.7 Å². The minimum absolute atomic E-state index is 0.178. The second kappa shape index (κ2) is 3.21. The first-order chi connectivity index (χ1) is 6.27. The number of primary amides is 1. The Morgan fingerprint density at radius 3 is 3.23 bits per heavy atom. The summed E-state index contributed by atoms with van der Waals surface area (Å²) in [6.45, 7) is 0.627. The summed E-state index contributed by atoms with van der Waals surface area (Å²) in [6, 6.07) is 1.61. The van der Waals surface area contributed by atoms with Crippen molar-refractivity contribution in [2.45, 2.75) is 4.90 Å². The van der Waals surface area contributed by atoms with E-state index in [1.54, 1.807) is 17.8 Å². The van der Waals surface area contributed by atoms with Gasteiger partial charge in [-0.05, 0) is 6.07 Å². The monoisotopic (exact) mass is 197 g/mol. The van der Waals surface area contributed by atoms with E-state index in [0.29, 0.717) is 12.5 Å². The molecule has 5 nitrogen and oxygen atoms in total. The van der Waals surface area contributed by atoms with Crippen LogP contribution in [0.4, 0.5) is 0 Å².